The first-order valence-corrected chi connectivity index (χ1v) is 9.73. The summed E-state index contributed by atoms with van der Waals surface area (Å²) in [5, 5.41) is 2.94. The Kier molecular flexibility index (Phi) is 7.12. The quantitative estimate of drug-likeness (QED) is 0.726. The highest BCUT2D eigenvalue weighted by Gasteiger charge is 2.21. The van der Waals surface area contributed by atoms with Gasteiger partial charge in [-0.3, -0.25) is 9.69 Å². The Morgan fingerprint density at radius 2 is 2.04 bits per heavy atom. The van der Waals surface area contributed by atoms with E-state index in [1.54, 1.807) is 7.11 Å². The van der Waals surface area contributed by atoms with Crippen molar-refractivity contribution in [2.24, 2.45) is 5.92 Å². The molecule has 27 heavy (non-hydrogen) atoms. The fourth-order valence-electron chi connectivity index (χ4n) is 3.67. The summed E-state index contributed by atoms with van der Waals surface area (Å²) in [6.45, 7) is 5.80. The van der Waals surface area contributed by atoms with E-state index in [1.807, 2.05) is 31.2 Å². The van der Waals surface area contributed by atoms with Crippen LogP contribution in [0.4, 0.5) is 0 Å². The number of hydrogen-bond donors (Lipinski definition) is 1. The molecular formula is C21H30N2O4. The molecule has 0 bridgehead atoms. The highest BCUT2D eigenvalue weighted by atomic mass is 16.5. The van der Waals surface area contributed by atoms with Crippen LogP contribution in [0, 0.1) is 12.8 Å². The second-order valence-corrected chi connectivity index (χ2v) is 7.37. The molecule has 6 nitrogen and oxygen atoms in total. The molecule has 2 aromatic rings. The fourth-order valence-corrected chi connectivity index (χ4v) is 3.67. The van der Waals surface area contributed by atoms with Crippen LogP contribution in [-0.2, 0) is 29.2 Å². The van der Waals surface area contributed by atoms with Crippen molar-refractivity contribution in [3.63, 3.8) is 0 Å². The number of aryl methyl sites for hydroxylation is 1. The summed E-state index contributed by atoms with van der Waals surface area (Å²) in [6, 6.07) is 7.82. The monoisotopic (exact) mass is 374 g/mol. The number of nitrogens with one attached hydrogen (secondary N) is 1. The number of methoxy groups -OCH3 is 1. The molecule has 6 heteroatoms. The van der Waals surface area contributed by atoms with Crippen molar-refractivity contribution in [3.8, 4) is 0 Å². The number of piperidine rings is 1. The predicted molar refractivity (Wildman–Crippen MR) is 102 cm³/mol. The van der Waals surface area contributed by atoms with Gasteiger partial charge < -0.3 is 18.9 Å². The predicted octanol–water partition coefficient (Wildman–Crippen LogP) is 3.64. The maximum Gasteiger partial charge on any atom is 0.220 e. The normalized spacial score (nSPS) is 17.9. The summed E-state index contributed by atoms with van der Waals surface area (Å²) >= 11 is 0. The van der Waals surface area contributed by atoms with Gasteiger partial charge in [-0.15, -0.1) is 0 Å². The van der Waals surface area contributed by atoms with Crippen LogP contribution in [0.2, 0.25) is 0 Å². The lowest BCUT2D eigenvalue weighted by atomic mass is 9.93. The van der Waals surface area contributed by atoms with E-state index in [0.29, 0.717) is 25.5 Å². The van der Waals surface area contributed by atoms with Gasteiger partial charge in [0.15, 0.2) is 0 Å². The minimum absolute atomic E-state index is 0.0939. The molecule has 3 rings (SSSR count). The minimum atomic E-state index is 0.0939. The van der Waals surface area contributed by atoms with Crippen molar-refractivity contribution in [3.05, 3.63) is 47.3 Å². The third-order valence-electron chi connectivity index (χ3n) is 5.02. The molecule has 2 aromatic heterocycles. The largest absolute Gasteiger partial charge is 0.465 e. The summed E-state index contributed by atoms with van der Waals surface area (Å²) in [5.74, 6) is 4.17. The highest BCUT2D eigenvalue weighted by molar-refractivity contribution is 5.75. The number of amides is 1. The van der Waals surface area contributed by atoms with Gasteiger partial charge >= 0.3 is 0 Å². The highest BCUT2D eigenvalue weighted by Crippen LogP contribution is 2.23. The van der Waals surface area contributed by atoms with Crippen LogP contribution in [0.15, 0.2) is 33.1 Å². The maximum absolute atomic E-state index is 12.1. The molecule has 0 radical (unpaired) electrons. The Morgan fingerprint density at radius 1 is 1.22 bits per heavy atom. The zero-order valence-electron chi connectivity index (χ0n) is 16.3. The first kappa shape index (κ1) is 19.7. The Morgan fingerprint density at radius 3 is 2.81 bits per heavy atom. The number of ether oxygens (including phenoxy) is 1. The Bertz CT molecular complexity index is 721. The average molecular weight is 374 g/mol. The zero-order valence-corrected chi connectivity index (χ0v) is 16.3. The number of likely N-dealkylation sites (tertiary alicyclic amines) is 1. The Labute approximate surface area is 160 Å². The second-order valence-electron chi connectivity index (χ2n) is 7.37. The van der Waals surface area contributed by atoms with E-state index in [0.717, 1.165) is 49.1 Å². The van der Waals surface area contributed by atoms with Gasteiger partial charge in [0.25, 0.3) is 0 Å². The van der Waals surface area contributed by atoms with E-state index in [9.17, 15) is 4.79 Å². The third-order valence-corrected chi connectivity index (χ3v) is 5.02. The van der Waals surface area contributed by atoms with Crippen LogP contribution < -0.4 is 5.32 Å². The Balaban J connectivity index is 1.37. The molecule has 1 aliphatic heterocycles. The topological polar surface area (TPSA) is 67.8 Å². The van der Waals surface area contributed by atoms with E-state index in [-0.39, 0.29) is 5.91 Å². The van der Waals surface area contributed by atoms with Gasteiger partial charge in [0.2, 0.25) is 5.91 Å². The van der Waals surface area contributed by atoms with Crippen molar-refractivity contribution < 1.29 is 18.4 Å². The maximum atomic E-state index is 12.1. The van der Waals surface area contributed by atoms with Crippen LogP contribution >= 0.6 is 0 Å². The molecule has 1 atom stereocenters. The van der Waals surface area contributed by atoms with E-state index < -0.39 is 0 Å². The summed E-state index contributed by atoms with van der Waals surface area (Å²) in [7, 11) is 1.67. The van der Waals surface area contributed by atoms with E-state index in [1.165, 1.54) is 12.8 Å². The van der Waals surface area contributed by atoms with Crippen LogP contribution in [0.5, 0.6) is 0 Å². The standard InChI is InChI=1S/C21H30N2O4/c1-16-5-7-18(26-16)12-22-21(24)10-6-17-4-3-11-23(13-17)14-19-8-9-20(27-19)15-25-2/h5,7-9,17H,3-4,6,10-15H2,1-2H3,(H,22,24). The minimum Gasteiger partial charge on any atom is -0.465 e. The fraction of sp³-hybridized carbons (Fsp3) is 0.571. The lowest BCUT2D eigenvalue weighted by Crippen LogP contribution is -2.35. The number of nitrogens with zero attached hydrogens (tertiary/aromatic N) is 1. The SMILES string of the molecule is COCc1ccc(CN2CCCC(CCC(=O)NCc3ccc(C)o3)C2)o1. The Hall–Kier alpha value is -2.05. The molecule has 0 spiro atoms. The smallest absolute Gasteiger partial charge is 0.220 e. The average Bonchev–Trinajstić information content (AvgIpc) is 3.28. The van der Waals surface area contributed by atoms with Gasteiger partial charge in [0.1, 0.15) is 29.6 Å². The summed E-state index contributed by atoms with van der Waals surface area (Å²) in [4.78, 5) is 14.5. The molecule has 1 amide bonds. The van der Waals surface area contributed by atoms with Gasteiger partial charge in [-0.1, -0.05) is 0 Å². The van der Waals surface area contributed by atoms with Crippen LogP contribution in [0.3, 0.4) is 0 Å². The molecular weight excluding hydrogens is 344 g/mol. The summed E-state index contributed by atoms with van der Waals surface area (Å²) in [5.41, 5.74) is 0. The number of carbonyl (C=O) groups excluding carboxylic acids is 1. The van der Waals surface area contributed by atoms with E-state index >= 15 is 0 Å². The first-order valence-electron chi connectivity index (χ1n) is 9.73. The molecule has 1 N–H and O–H groups in total. The van der Waals surface area contributed by atoms with Crippen LogP contribution in [-0.4, -0.2) is 31.0 Å². The van der Waals surface area contributed by atoms with Crippen molar-refractivity contribution in [2.75, 3.05) is 20.2 Å². The van der Waals surface area contributed by atoms with E-state index in [2.05, 4.69) is 10.2 Å². The van der Waals surface area contributed by atoms with Crippen LogP contribution in [0.25, 0.3) is 0 Å². The van der Waals surface area contributed by atoms with Gasteiger partial charge in [-0.05, 0) is 62.9 Å². The summed E-state index contributed by atoms with van der Waals surface area (Å²) in [6.07, 6.45) is 3.85. The van der Waals surface area contributed by atoms with Crippen molar-refractivity contribution in [1.82, 2.24) is 10.2 Å². The molecule has 1 unspecified atom stereocenters. The van der Waals surface area contributed by atoms with Gasteiger partial charge in [-0.2, -0.15) is 0 Å². The van der Waals surface area contributed by atoms with Crippen molar-refractivity contribution >= 4 is 5.91 Å². The summed E-state index contributed by atoms with van der Waals surface area (Å²) < 4.78 is 16.4. The molecule has 3 heterocycles. The van der Waals surface area contributed by atoms with Crippen LogP contribution in [0.1, 0.15) is 48.7 Å². The lowest BCUT2D eigenvalue weighted by molar-refractivity contribution is -0.121. The zero-order chi connectivity index (χ0) is 19.1. The lowest BCUT2D eigenvalue weighted by Gasteiger charge is -2.32. The molecule has 148 valence electrons. The molecule has 0 aliphatic carbocycles. The third kappa shape index (κ3) is 6.26. The van der Waals surface area contributed by atoms with Crippen molar-refractivity contribution in [1.29, 1.82) is 0 Å². The number of hydrogen-bond acceptors (Lipinski definition) is 5. The molecule has 1 saturated heterocycles. The van der Waals surface area contributed by atoms with Crippen molar-refractivity contribution in [2.45, 2.75) is 52.3 Å². The second kappa shape index (κ2) is 9.76. The van der Waals surface area contributed by atoms with Gasteiger partial charge in [-0.25, -0.2) is 0 Å². The van der Waals surface area contributed by atoms with Gasteiger partial charge in [0, 0.05) is 20.1 Å². The number of furan rings is 2. The first-order chi connectivity index (χ1) is 13.1. The van der Waals surface area contributed by atoms with Gasteiger partial charge in [0.05, 0.1) is 13.1 Å². The molecule has 0 aromatic carbocycles. The molecule has 0 saturated carbocycles. The number of rotatable bonds is 9. The molecule has 1 aliphatic rings. The van der Waals surface area contributed by atoms with E-state index in [4.69, 9.17) is 13.6 Å². The molecule has 1 fully saturated rings. The number of carbonyl (C=O) groups is 1.